The molecule has 0 aliphatic carbocycles. The third-order valence-electron chi connectivity index (χ3n) is 3.38. The zero-order valence-electron chi connectivity index (χ0n) is 12.5. The van der Waals surface area contributed by atoms with Crippen LogP contribution in [-0.2, 0) is 17.8 Å². The minimum Gasteiger partial charge on any atom is -0.383 e. The molecule has 0 fully saturated rings. The maximum Gasteiger partial charge on any atom is 0.122 e. The Bertz CT molecular complexity index is 627. The molecule has 0 unspecified atom stereocenters. The molecule has 1 heterocycles. The molecular formula is C16H20N4O. The number of imidazole rings is 1. The number of aromatic nitrogens is 2. The molecule has 0 aliphatic heterocycles. The van der Waals surface area contributed by atoms with E-state index in [4.69, 9.17) is 10.00 Å². The topological polar surface area (TPSA) is 62.9 Å². The zero-order chi connectivity index (χ0) is 15.1. The molecule has 21 heavy (non-hydrogen) atoms. The van der Waals surface area contributed by atoms with Gasteiger partial charge in [0.05, 0.1) is 24.8 Å². The number of hydrogen-bond acceptors (Lipinski definition) is 4. The average Bonchev–Trinajstić information content (AvgIpc) is 2.93. The Morgan fingerprint density at radius 1 is 1.43 bits per heavy atom. The summed E-state index contributed by atoms with van der Waals surface area (Å²) in [5.74, 6) is 0.995. The van der Waals surface area contributed by atoms with Gasteiger partial charge in [-0.05, 0) is 30.2 Å². The quantitative estimate of drug-likeness (QED) is 0.788. The molecule has 1 aromatic heterocycles. The van der Waals surface area contributed by atoms with Crippen molar-refractivity contribution in [3.05, 3.63) is 53.1 Å². The predicted octanol–water partition coefficient (Wildman–Crippen LogP) is 1.85. The van der Waals surface area contributed by atoms with E-state index >= 15 is 0 Å². The van der Waals surface area contributed by atoms with Crippen molar-refractivity contribution >= 4 is 0 Å². The van der Waals surface area contributed by atoms with Crippen molar-refractivity contribution in [2.75, 3.05) is 20.3 Å². The lowest BCUT2D eigenvalue weighted by Gasteiger charge is -2.11. The van der Waals surface area contributed by atoms with Crippen molar-refractivity contribution in [1.29, 1.82) is 5.26 Å². The van der Waals surface area contributed by atoms with Crippen LogP contribution in [0.5, 0.6) is 0 Å². The third kappa shape index (κ3) is 4.15. The van der Waals surface area contributed by atoms with Gasteiger partial charge in [-0.2, -0.15) is 5.26 Å². The first-order chi connectivity index (χ1) is 10.2. The van der Waals surface area contributed by atoms with Crippen LogP contribution < -0.4 is 5.32 Å². The Kier molecular flexibility index (Phi) is 5.50. The number of rotatable bonds is 7. The van der Waals surface area contributed by atoms with E-state index in [1.807, 2.05) is 37.5 Å². The highest BCUT2D eigenvalue weighted by Crippen LogP contribution is 2.13. The van der Waals surface area contributed by atoms with E-state index in [9.17, 15) is 0 Å². The molecule has 1 N–H and O–H groups in total. The molecule has 0 spiro atoms. The number of aryl methyl sites for hydroxylation is 1. The number of hydrogen-bond donors (Lipinski definition) is 1. The van der Waals surface area contributed by atoms with Crippen LogP contribution in [-0.4, -0.2) is 29.8 Å². The molecule has 5 nitrogen and oxygen atoms in total. The van der Waals surface area contributed by atoms with Crippen molar-refractivity contribution < 1.29 is 4.74 Å². The lowest BCUT2D eigenvalue weighted by molar-refractivity contribution is 0.199. The summed E-state index contributed by atoms with van der Waals surface area (Å²) < 4.78 is 7.13. The van der Waals surface area contributed by atoms with Crippen molar-refractivity contribution in [3.8, 4) is 6.07 Å². The zero-order valence-corrected chi connectivity index (χ0v) is 12.5. The number of ether oxygens (including phenoxy) is 1. The molecule has 0 bridgehead atoms. The average molecular weight is 284 g/mol. The fraction of sp³-hybridized carbons (Fsp3) is 0.375. The van der Waals surface area contributed by atoms with E-state index in [1.54, 1.807) is 7.11 Å². The van der Waals surface area contributed by atoms with Crippen molar-refractivity contribution in [3.63, 3.8) is 0 Å². The molecule has 0 atom stereocenters. The van der Waals surface area contributed by atoms with Crippen LogP contribution in [0, 0.1) is 18.3 Å². The smallest absolute Gasteiger partial charge is 0.122 e. The first-order valence-corrected chi connectivity index (χ1v) is 6.94. The van der Waals surface area contributed by atoms with E-state index in [0.29, 0.717) is 18.7 Å². The highest BCUT2D eigenvalue weighted by molar-refractivity contribution is 5.37. The van der Waals surface area contributed by atoms with E-state index in [-0.39, 0.29) is 0 Å². The normalized spacial score (nSPS) is 10.5. The van der Waals surface area contributed by atoms with Gasteiger partial charge in [0.1, 0.15) is 5.82 Å². The number of nitrogens with one attached hydrogen (secondary N) is 1. The largest absolute Gasteiger partial charge is 0.383 e. The Labute approximate surface area is 125 Å². The summed E-state index contributed by atoms with van der Waals surface area (Å²) in [7, 11) is 1.69. The first-order valence-electron chi connectivity index (χ1n) is 6.94. The highest BCUT2D eigenvalue weighted by atomic mass is 16.5. The van der Waals surface area contributed by atoms with E-state index in [0.717, 1.165) is 24.5 Å². The Morgan fingerprint density at radius 2 is 2.29 bits per heavy atom. The van der Waals surface area contributed by atoms with Gasteiger partial charge in [-0.25, -0.2) is 4.98 Å². The number of methoxy groups -OCH3 is 1. The van der Waals surface area contributed by atoms with Crippen LogP contribution >= 0.6 is 0 Å². The fourth-order valence-corrected chi connectivity index (χ4v) is 2.15. The van der Waals surface area contributed by atoms with Crippen LogP contribution in [0.3, 0.4) is 0 Å². The summed E-state index contributed by atoms with van der Waals surface area (Å²) in [5.41, 5.74) is 3.02. The molecule has 0 saturated carbocycles. The molecule has 1 aromatic carbocycles. The highest BCUT2D eigenvalue weighted by Gasteiger charge is 2.06. The standard InChI is InChI=1S/C16H20N4O/c1-13-9-14(10-17)3-4-15(13)12-20-7-5-19-16(20)11-18-6-8-21-2/h3-5,7,9,18H,6,8,11-12H2,1-2H3. The molecular weight excluding hydrogens is 264 g/mol. The summed E-state index contributed by atoms with van der Waals surface area (Å²) >= 11 is 0. The Hall–Kier alpha value is -2.16. The monoisotopic (exact) mass is 284 g/mol. The van der Waals surface area contributed by atoms with Crippen LogP contribution in [0.15, 0.2) is 30.6 Å². The van der Waals surface area contributed by atoms with Crippen LogP contribution in [0.2, 0.25) is 0 Å². The van der Waals surface area contributed by atoms with E-state index in [1.165, 1.54) is 5.56 Å². The molecule has 2 aromatic rings. The molecule has 0 saturated heterocycles. The summed E-state index contributed by atoms with van der Waals surface area (Å²) in [6.07, 6.45) is 3.79. The maximum atomic E-state index is 8.91. The minimum atomic E-state index is 0.690. The van der Waals surface area contributed by atoms with Gasteiger partial charge < -0.3 is 14.6 Å². The summed E-state index contributed by atoms with van der Waals surface area (Å²) in [6, 6.07) is 7.95. The second kappa shape index (κ2) is 7.58. The molecule has 0 radical (unpaired) electrons. The van der Waals surface area contributed by atoms with Crippen molar-refractivity contribution in [1.82, 2.24) is 14.9 Å². The van der Waals surface area contributed by atoms with Gasteiger partial charge in [0.15, 0.2) is 0 Å². The molecule has 0 amide bonds. The van der Waals surface area contributed by atoms with Crippen molar-refractivity contribution in [2.45, 2.75) is 20.0 Å². The van der Waals surface area contributed by atoms with Crippen LogP contribution in [0.25, 0.3) is 0 Å². The lowest BCUT2D eigenvalue weighted by atomic mass is 10.1. The van der Waals surface area contributed by atoms with Crippen molar-refractivity contribution in [2.24, 2.45) is 0 Å². The van der Waals surface area contributed by atoms with Gasteiger partial charge in [-0.15, -0.1) is 0 Å². The molecule has 110 valence electrons. The summed E-state index contributed by atoms with van der Waals surface area (Å²) in [5, 5.41) is 12.2. The number of benzene rings is 1. The van der Waals surface area contributed by atoms with Gasteiger partial charge in [-0.3, -0.25) is 0 Å². The third-order valence-corrected chi connectivity index (χ3v) is 3.38. The minimum absolute atomic E-state index is 0.690. The summed E-state index contributed by atoms with van der Waals surface area (Å²) in [4.78, 5) is 4.38. The van der Waals surface area contributed by atoms with Gasteiger partial charge in [0, 0.05) is 32.6 Å². The Balaban J connectivity index is 2.03. The molecule has 0 aliphatic rings. The molecule has 2 rings (SSSR count). The Morgan fingerprint density at radius 3 is 3.00 bits per heavy atom. The second-order valence-corrected chi connectivity index (χ2v) is 4.89. The van der Waals surface area contributed by atoms with Gasteiger partial charge in [0.2, 0.25) is 0 Å². The van der Waals surface area contributed by atoms with Gasteiger partial charge >= 0.3 is 0 Å². The SMILES string of the molecule is COCCNCc1nccn1Cc1ccc(C#N)cc1C. The number of nitriles is 1. The van der Waals surface area contributed by atoms with Crippen LogP contribution in [0.4, 0.5) is 0 Å². The first kappa shape index (κ1) is 15.2. The van der Waals surface area contributed by atoms with E-state index in [2.05, 4.69) is 20.9 Å². The maximum absolute atomic E-state index is 8.91. The lowest BCUT2D eigenvalue weighted by Crippen LogP contribution is -2.21. The fourth-order valence-electron chi connectivity index (χ4n) is 2.15. The van der Waals surface area contributed by atoms with Crippen LogP contribution in [0.1, 0.15) is 22.5 Å². The van der Waals surface area contributed by atoms with Gasteiger partial charge in [0.25, 0.3) is 0 Å². The summed E-state index contributed by atoms with van der Waals surface area (Å²) in [6.45, 7) is 5.00. The molecule has 5 heteroatoms. The second-order valence-electron chi connectivity index (χ2n) is 4.89. The van der Waals surface area contributed by atoms with E-state index < -0.39 is 0 Å². The predicted molar refractivity (Wildman–Crippen MR) is 80.8 cm³/mol. The van der Waals surface area contributed by atoms with Gasteiger partial charge in [-0.1, -0.05) is 6.07 Å². The number of nitrogens with zero attached hydrogens (tertiary/aromatic N) is 3.